The summed E-state index contributed by atoms with van der Waals surface area (Å²) in [6.45, 7) is 7.37. The van der Waals surface area contributed by atoms with Gasteiger partial charge in [-0.1, -0.05) is 52.9 Å². The van der Waals surface area contributed by atoms with Crippen molar-refractivity contribution in [2.75, 3.05) is 6.54 Å². The van der Waals surface area contributed by atoms with Gasteiger partial charge in [-0.15, -0.1) is 0 Å². The molecular formula is C13H28N2O. The van der Waals surface area contributed by atoms with Crippen molar-refractivity contribution >= 4 is 5.91 Å². The summed E-state index contributed by atoms with van der Waals surface area (Å²) in [5, 5.41) is 0. The molecule has 2 N–H and O–H groups in total. The molecule has 0 rings (SSSR count). The molecule has 1 amide bonds. The van der Waals surface area contributed by atoms with Gasteiger partial charge in [-0.05, 0) is 12.3 Å². The number of carbonyl (C=O) groups excluding carboxylic acids is 1. The van der Waals surface area contributed by atoms with Crippen molar-refractivity contribution in [2.45, 2.75) is 65.7 Å². The van der Waals surface area contributed by atoms with E-state index in [0.29, 0.717) is 12.3 Å². The Hall–Kier alpha value is -0.570. The minimum absolute atomic E-state index is 0.142. The molecule has 0 saturated carbocycles. The van der Waals surface area contributed by atoms with Crippen LogP contribution < -0.4 is 10.9 Å². The van der Waals surface area contributed by atoms with Crippen LogP contribution in [0.2, 0.25) is 0 Å². The van der Waals surface area contributed by atoms with Gasteiger partial charge in [-0.3, -0.25) is 10.2 Å². The molecule has 0 spiro atoms. The second kappa shape index (κ2) is 10.9. The van der Waals surface area contributed by atoms with E-state index >= 15 is 0 Å². The zero-order chi connectivity index (χ0) is 12.2. The monoisotopic (exact) mass is 228 g/mol. The highest BCUT2D eigenvalue weighted by molar-refractivity contribution is 5.75. The Kier molecular flexibility index (Phi) is 10.5. The number of hydrogen-bond donors (Lipinski definition) is 2. The summed E-state index contributed by atoms with van der Waals surface area (Å²) in [6, 6.07) is 0. The summed E-state index contributed by atoms with van der Waals surface area (Å²) in [5.41, 5.74) is 5.75. The molecule has 0 aromatic rings. The number of nitrogens with one attached hydrogen (secondary N) is 2. The highest BCUT2D eigenvalue weighted by Crippen LogP contribution is 2.16. The van der Waals surface area contributed by atoms with Crippen molar-refractivity contribution in [1.29, 1.82) is 0 Å². The van der Waals surface area contributed by atoms with Crippen molar-refractivity contribution < 1.29 is 4.79 Å². The number of amides is 1. The molecule has 0 fully saturated rings. The Morgan fingerprint density at radius 2 is 1.69 bits per heavy atom. The molecular weight excluding hydrogens is 200 g/mol. The standard InChI is InChI=1S/C13H28N2O/c1-4-7-10-14-15-13(16)11-12(8-5-2)9-6-3/h12,14H,4-11H2,1-3H3,(H,15,16). The van der Waals surface area contributed by atoms with Gasteiger partial charge in [0.25, 0.3) is 0 Å². The average Bonchev–Trinajstić information content (AvgIpc) is 2.25. The lowest BCUT2D eigenvalue weighted by Gasteiger charge is -2.15. The molecule has 0 atom stereocenters. The molecule has 0 bridgehead atoms. The van der Waals surface area contributed by atoms with Crippen molar-refractivity contribution in [3.05, 3.63) is 0 Å². The van der Waals surface area contributed by atoms with E-state index in [2.05, 4.69) is 31.6 Å². The molecule has 3 heteroatoms. The summed E-state index contributed by atoms with van der Waals surface area (Å²) >= 11 is 0. The fraction of sp³-hybridized carbons (Fsp3) is 0.923. The van der Waals surface area contributed by atoms with Crippen LogP contribution >= 0.6 is 0 Å². The lowest BCUT2D eigenvalue weighted by atomic mass is 9.95. The molecule has 0 aliphatic carbocycles. The van der Waals surface area contributed by atoms with Gasteiger partial charge in [0, 0.05) is 13.0 Å². The molecule has 3 nitrogen and oxygen atoms in total. The Balaban J connectivity index is 3.63. The number of unbranched alkanes of at least 4 members (excludes halogenated alkanes) is 1. The largest absolute Gasteiger partial charge is 0.292 e. The maximum Gasteiger partial charge on any atom is 0.234 e. The third-order valence-corrected chi connectivity index (χ3v) is 2.75. The van der Waals surface area contributed by atoms with Gasteiger partial charge in [0.1, 0.15) is 0 Å². The summed E-state index contributed by atoms with van der Waals surface area (Å²) < 4.78 is 0. The van der Waals surface area contributed by atoms with Crippen LogP contribution in [0.25, 0.3) is 0 Å². The van der Waals surface area contributed by atoms with E-state index in [1.165, 1.54) is 12.8 Å². The molecule has 0 saturated heterocycles. The Labute approximate surface area is 100 Å². The van der Waals surface area contributed by atoms with Gasteiger partial charge in [-0.2, -0.15) is 0 Å². The topological polar surface area (TPSA) is 41.1 Å². The zero-order valence-electron chi connectivity index (χ0n) is 11.1. The van der Waals surface area contributed by atoms with Crippen molar-refractivity contribution in [2.24, 2.45) is 5.92 Å². The van der Waals surface area contributed by atoms with Crippen LogP contribution in [0.3, 0.4) is 0 Å². The smallest absolute Gasteiger partial charge is 0.234 e. The quantitative estimate of drug-likeness (QED) is 0.446. The first-order valence-corrected chi connectivity index (χ1v) is 6.76. The second-order valence-electron chi connectivity index (χ2n) is 4.48. The zero-order valence-corrected chi connectivity index (χ0v) is 11.1. The summed E-state index contributed by atoms with van der Waals surface area (Å²) in [4.78, 5) is 11.6. The number of hydrogen-bond acceptors (Lipinski definition) is 2. The van der Waals surface area contributed by atoms with E-state index in [1.54, 1.807) is 0 Å². The van der Waals surface area contributed by atoms with Crippen LogP contribution in [0, 0.1) is 5.92 Å². The SMILES string of the molecule is CCCCNNC(=O)CC(CCC)CCC. The molecule has 0 unspecified atom stereocenters. The van der Waals surface area contributed by atoms with Gasteiger partial charge in [0.2, 0.25) is 5.91 Å². The van der Waals surface area contributed by atoms with Crippen LogP contribution in [0.4, 0.5) is 0 Å². The minimum Gasteiger partial charge on any atom is -0.292 e. The summed E-state index contributed by atoms with van der Waals surface area (Å²) in [5.74, 6) is 0.700. The second-order valence-corrected chi connectivity index (χ2v) is 4.48. The van der Waals surface area contributed by atoms with Crippen LogP contribution in [-0.2, 0) is 4.79 Å². The molecule has 0 aliphatic rings. The maximum absolute atomic E-state index is 11.6. The number of carbonyl (C=O) groups is 1. The average molecular weight is 228 g/mol. The summed E-state index contributed by atoms with van der Waals surface area (Å²) in [6.07, 6.45) is 7.58. The van der Waals surface area contributed by atoms with E-state index in [4.69, 9.17) is 0 Å². The Bertz CT molecular complexity index is 165. The normalized spacial score (nSPS) is 10.8. The van der Waals surface area contributed by atoms with E-state index in [1.807, 2.05) is 0 Å². The van der Waals surface area contributed by atoms with Crippen LogP contribution in [0.1, 0.15) is 65.7 Å². The molecule has 0 aliphatic heterocycles. The lowest BCUT2D eigenvalue weighted by molar-refractivity contribution is -0.123. The summed E-state index contributed by atoms with van der Waals surface area (Å²) in [7, 11) is 0. The number of rotatable bonds is 10. The molecule has 0 aromatic heterocycles. The fourth-order valence-corrected chi connectivity index (χ4v) is 1.90. The van der Waals surface area contributed by atoms with E-state index < -0.39 is 0 Å². The molecule has 0 heterocycles. The lowest BCUT2D eigenvalue weighted by Crippen LogP contribution is -2.38. The molecule has 16 heavy (non-hydrogen) atoms. The fourth-order valence-electron chi connectivity index (χ4n) is 1.90. The van der Waals surface area contributed by atoms with Crippen LogP contribution in [0.15, 0.2) is 0 Å². The van der Waals surface area contributed by atoms with Gasteiger partial charge in [0.05, 0.1) is 0 Å². The highest BCUT2D eigenvalue weighted by atomic mass is 16.2. The van der Waals surface area contributed by atoms with Gasteiger partial charge < -0.3 is 0 Å². The Morgan fingerprint density at radius 3 is 2.19 bits per heavy atom. The third kappa shape index (κ3) is 8.72. The first-order valence-electron chi connectivity index (χ1n) is 6.76. The number of hydrazine groups is 1. The van der Waals surface area contributed by atoms with Crippen LogP contribution in [0.5, 0.6) is 0 Å². The van der Waals surface area contributed by atoms with E-state index in [-0.39, 0.29) is 5.91 Å². The van der Waals surface area contributed by atoms with Gasteiger partial charge in [0.15, 0.2) is 0 Å². The highest BCUT2D eigenvalue weighted by Gasteiger charge is 2.11. The first-order chi connectivity index (χ1) is 7.74. The molecule has 0 aromatic carbocycles. The minimum atomic E-state index is 0.142. The van der Waals surface area contributed by atoms with Crippen molar-refractivity contribution in [3.63, 3.8) is 0 Å². The predicted octanol–water partition coefficient (Wildman–Crippen LogP) is 3.01. The van der Waals surface area contributed by atoms with Crippen molar-refractivity contribution in [3.8, 4) is 0 Å². The van der Waals surface area contributed by atoms with Gasteiger partial charge in [-0.25, -0.2) is 5.43 Å². The molecule has 0 radical (unpaired) electrons. The van der Waals surface area contributed by atoms with E-state index in [0.717, 1.165) is 32.2 Å². The van der Waals surface area contributed by atoms with Crippen LogP contribution in [-0.4, -0.2) is 12.5 Å². The maximum atomic E-state index is 11.6. The first kappa shape index (κ1) is 15.4. The van der Waals surface area contributed by atoms with Crippen molar-refractivity contribution in [1.82, 2.24) is 10.9 Å². The predicted molar refractivity (Wildman–Crippen MR) is 69.0 cm³/mol. The van der Waals surface area contributed by atoms with E-state index in [9.17, 15) is 4.79 Å². The third-order valence-electron chi connectivity index (χ3n) is 2.75. The van der Waals surface area contributed by atoms with Gasteiger partial charge >= 0.3 is 0 Å². The Morgan fingerprint density at radius 1 is 1.06 bits per heavy atom. The molecule has 96 valence electrons.